The molecule has 3 aliphatic rings. The van der Waals surface area contributed by atoms with Crippen LogP contribution in [0.1, 0.15) is 63.7 Å². The van der Waals surface area contributed by atoms with Gasteiger partial charge < -0.3 is 40.0 Å². The first-order chi connectivity index (χ1) is 22.0. The summed E-state index contributed by atoms with van der Waals surface area (Å²) in [5.41, 5.74) is 6.41. The lowest BCUT2D eigenvalue weighted by Crippen LogP contribution is -2.48. The highest BCUT2D eigenvalue weighted by atomic mass is 16.5. The molecule has 46 heavy (non-hydrogen) atoms. The lowest BCUT2D eigenvalue weighted by Gasteiger charge is -2.24. The molecule has 3 aromatic rings. The zero-order valence-electron chi connectivity index (χ0n) is 25.9. The second kappa shape index (κ2) is 15.7. The number of carbonyl (C=O) groups excluding carboxylic acids is 3. The largest absolute Gasteiger partial charge is 0.491 e. The van der Waals surface area contributed by atoms with Crippen LogP contribution in [0.2, 0.25) is 0 Å². The summed E-state index contributed by atoms with van der Waals surface area (Å²) in [5, 5.41) is 32.8. The van der Waals surface area contributed by atoms with Crippen LogP contribution in [0, 0.1) is 0 Å². The summed E-state index contributed by atoms with van der Waals surface area (Å²) >= 11 is 0. The monoisotopic (exact) mass is 629 g/mol. The Labute approximate surface area is 268 Å². The van der Waals surface area contributed by atoms with Crippen LogP contribution < -0.4 is 21.6 Å². The number of carboxylic acid groups (broad SMARTS) is 1. The van der Waals surface area contributed by atoms with Crippen LogP contribution in [-0.2, 0) is 45.1 Å². The molecule has 12 nitrogen and oxygen atoms in total. The minimum Gasteiger partial charge on any atom is -0.481 e. The van der Waals surface area contributed by atoms with E-state index in [0.717, 1.165) is 44.0 Å². The lowest BCUT2D eigenvalue weighted by molar-refractivity contribution is -0.134. The molecule has 2 atom stereocenters. The van der Waals surface area contributed by atoms with Gasteiger partial charge in [0.05, 0.1) is 13.2 Å². The molecule has 3 aromatic carbocycles. The first kappa shape index (κ1) is 34.4. The maximum absolute atomic E-state index is 12.6. The lowest BCUT2D eigenvalue weighted by atomic mass is 9.78. The van der Waals surface area contributed by atoms with Gasteiger partial charge in [0.2, 0.25) is 6.41 Å². The molecule has 0 spiro atoms. The second-order valence-corrected chi connectivity index (χ2v) is 11.3. The third-order valence-corrected chi connectivity index (χ3v) is 7.92. The molecular weight excluding hydrogens is 592 g/mol. The quantitative estimate of drug-likeness (QED) is 0.191. The Bertz CT molecular complexity index is 1500. The van der Waals surface area contributed by atoms with Crippen molar-refractivity contribution in [1.82, 2.24) is 15.5 Å². The summed E-state index contributed by atoms with van der Waals surface area (Å²) < 4.78 is 10.3. The topological polar surface area (TPSA) is 175 Å². The number of fused-ring (bicyclic) bond motifs is 3. The molecule has 3 aliphatic heterocycles. The number of rotatable bonds is 6. The molecule has 14 heteroatoms. The van der Waals surface area contributed by atoms with Gasteiger partial charge >= 0.3 is 14.2 Å². The van der Waals surface area contributed by atoms with E-state index in [9.17, 15) is 24.4 Å². The van der Waals surface area contributed by atoms with Crippen molar-refractivity contribution >= 4 is 49.4 Å². The Balaban J connectivity index is 0.000000247. The van der Waals surface area contributed by atoms with Crippen molar-refractivity contribution in [3.8, 4) is 0 Å². The first-order valence-electron chi connectivity index (χ1n) is 14.9. The number of nitrogens with one attached hydrogen (secondary N) is 2. The SMILES string of the molecule is CC(=O)O.CC(NC(=O)c1ccc2c(c1)B(O)OC2)C(C)NC(=O)c1ccc2c(c1)B(O)OC2.O=CN1CCc2ccccc2C1. The molecular formula is C32H37B2N3O9. The van der Waals surface area contributed by atoms with Crippen molar-refractivity contribution in [2.24, 2.45) is 0 Å². The van der Waals surface area contributed by atoms with Crippen LogP contribution in [0.5, 0.6) is 0 Å². The fourth-order valence-electron chi connectivity index (χ4n) is 5.15. The average Bonchev–Trinajstić information content (AvgIpc) is 3.61. The van der Waals surface area contributed by atoms with E-state index in [-0.39, 0.29) is 23.9 Å². The Kier molecular flexibility index (Phi) is 11.7. The molecule has 0 saturated heterocycles. The Morgan fingerprint density at radius 2 is 1.26 bits per heavy atom. The van der Waals surface area contributed by atoms with Crippen LogP contribution in [-0.4, -0.2) is 77.1 Å². The summed E-state index contributed by atoms with van der Waals surface area (Å²) in [7, 11) is -2.03. The fourth-order valence-corrected chi connectivity index (χ4v) is 5.15. The van der Waals surface area contributed by atoms with E-state index in [1.807, 2.05) is 11.0 Å². The van der Waals surface area contributed by atoms with E-state index in [2.05, 4.69) is 28.8 Å². The van der Waals surface area contributed by atoms with Gasteiger partial charge in [0.15, 0.2) is 0 Å². The third-order valence-electron chi connectivity index (χ3n) is 7.92. The van der Waals surface area contributed by atoms with E-state index in [0.29, 0.717) is 35.3 Å². The molecule has 0 saturated carbocycles. The highest BCUT2D eigenvalue weighted by Gasteiger charge is 2.30. The van der Waals surface area contributed by atoms with E-state index >= 15 is 0 Å². The van der Waals surface area contributed by atoms with Crippen molar-refractivity contribution in [2.45, 2.75) is 59.0 Å². The van der Waals surface area contributed by atoms with Crippen molar-refractivity contribution in [1.29, 1.82) is 0 Å². The minimum absolute atomic E-state index is 0.302. The summed E-state index contributed by atoms with van der Waals surface area (Å²) in [4.78, 5) is 46.5. The minimum atomic E-state index is -1.01. The predicted molar refractivity (Wildman–Crippen MR) is 171 cm³/mol. The zero-order valence-corrected chi connectivity index (χ0v) is 25.9. The summed E-state index contributed by atoms with van der Waals surface area (Å²) in [6.07, 6.45) is 1.92. The highest BCUT2D eigenvalue weighted by molar-refractivity contribution is 6.62. The molecule has 0 fully saturated rings. The number of amides is 3. The number of carboxylic acids is 1. The van der Waals surface area contributed by atoms with Crippen molar-refractivity contribution < 1.29 is 43.6 Å². The first-order valence-corrected chi connectivity index (χ1v) is 14.9. The van der Waals surface area contributed by atoms with Crippen LogP contribution in [0.15, 0.2) is 60.7 Å². The van der Waals surface area contributed by atoms with Gasteiger partial charge in [-0.1, -0.05) is 36.4 Å². The Hall–Kier alpha value is -4.49. The smallest absolute Gasteiger partial charge is 0.481 e. The van der Waals surface area contributed by atoms with Gasteiger partial charge in [0.1, 0.15) is 0 Å². The number of nitrogens with zero attached hydrogens (tertiary/aromatic N) is 1. The molecule has 6 rings (SSSR count). The van der Waals surface area contributed by atoms with Crippen molar-refractivity contribution in [3.63, 3.8) is 0 Å². The number of hydrogen-bond acceptors (Lipinski definition) is 8. The van der Waals surface area contributed by atoms with E-state index < -0.39 is 20.2 Å². The van der Waals surface area contributed by atoms with Crippen molar-refractivity contribution in [3.05, 3.63) is 94.0 Å². The van der Waals surface area contributed by atoms with E-state index in [4.69, 9.17) is 19.2 Å². The van der Waals surface area contributed by atoms with E-state index in [1.165, 1.54) is 11.1 Å². The maximum atomic E-state index is 12.6. The highest BCUT2D eigenvalue weighted by Crippen LogP contribution is 2.17. The number of carbonyl (C=O) groups is 4. The normalized spacial score (nSPS) is 15.5. The summed E-state index contributed by atoms with van der Waals surface area (Å²) in [5.74, 6) is -1.44. The molecule has 3 amide bonds. The Morgan fingerprint density at radius 1 is 0.804 bits per heavy atom. The molecule has 2 unspecified atom stereocenters. The van der Waals surface area contributed by atoms with E-state index in [1.54, 1.807) is 50.2 Å². The van der Waals surface area contributed by atoms with Gasteiger partial charge in [0.25, 0.3) is 17.8 Å². The van der Waals surface area contributed by atoms with Crippen LogP contribution in [0.25, 0.3) is 0 Å². The van der Waals surface area contributed by atoms with Gasteiger partial charge in [-0.15, -0.1) is 0 Å². The zero-order chi connectivity index (χ0) is 33.4. The average molecular weight is 629 g/mol. The van der Waals surface area contributed by atoms with Gasteiger partial charge in [-0.25, -0.2) is 0 Å². The molecule has 0 aliphatic carbocycles. The summed E-state index contributed by atoms with van der Waals surface area (Å²) in [6.45, 7) is 6.97. The van der Waals surface area contributed by atoms with Crippen LogP contribution >= 0.6 is 0 Å². The Morgan fingerprint density at radius 3 is 1.72 bits per heavy atom. The predicted octanol–water partition coefficient (Wildman–Crippen LogP) is 0.351. The van der Waals surface area contributed by atoms with Gasteiger partial charge in [-0.05, 0) is 77.7 Å². The number of hydrogen-bond donors (Lipinski definition) is 5. The molecule has 3 heterocycles. The van der Waals surface area contributed by atoms with Crippen LogP contribution in [0.4, 0.5) is 0 Å². The van der Waals surface area contributed by atoms with Crippen LogP contribution in [0.3, 0.4) is 0 Å². The summed E-state index contributed by atoms with van der Waals surface area (Å²) in [6, 6.07) is 17.7. The second-order valence-electron chi connectivity index (χ2n) is 11.3. The third kappa shape index (κ3) is 8.82. The molecule has 0 radical (unpaired) electrons. The maximum Gasteiger partial charge on any atom is 0.491 e. The van der Waals surface area contributed by atoms with Gasteiger partial charge in [0, 0.05) is 43.2 Å². The standard InChI is InChI=1S/C20H22B2N2O6.C10H11NO.C2H4O2/c1-11(23-19(25)13-3-5-15-9-29-21(27)17(15)7-13)12(2)24-20(26)14-4-6-16-10-30-22(28)18(16)8-14;12-8-11-6-5-9-3-1-2-4-10(9)7-11;1-2(3)4/h3-8,11-12,27-28H,9-10H2,1-2H3,(H,23,25)(H,24,26);1-4,8H,5-7H2;1H3,(H,3,4). The van der Waals surface area contributed by atoms with Gasteiger partial charge in [-0.3, -0.25) is 19.2 Å². The number of aliphatic carboxylic acids is 1. The molecule has 0 aromatic heterocycles. The van der Waals surface area contributed by atoms with Crippen molar-refractivity contribution in [2.75, 3.05) is 6.54 Å². The molecule has 5 N–H and O–H groups in total. The number of benzene rings is 3. The fraction of sp³-hybridized carbons (Fsp3) is 0.312. The molecule has 0 bridgehead atoms. The molecule has 240 valence electrons. The van der Waals surface area contributed by atoms with Gasteiger partial charge in [-0.2, -0.15) is 0 Å².